The summed E-state index contributed by atoms with van der Waals surface area (Å²) in [5, 5.41) is 0. The highest BCUT2D eigenvalue weighted by Crippen LogP contribution is 2.24. The van der Waals surface area contributed by atoms with Crippen LogP contribution in [0, 0.1) is 9.58 Å². The number of halogens is 2. The normalized spacial score (nSPS) is 10.1. The van der Waals surface area contributed by atoms with Gasteiger partial charge in [0.15, 0.2) is 3.77 Å². The standard InChI is InChI=1S/C10H6FIO2/c11-7-1-3-8(4-2-7)13-10-6-5-9(12)14-10/h1-6H. The molecule has 1 aromatic heterocycles. The number of benzene rings is 1. The summed E-state index contributed by atoms with van der Waals surface area (Å²) in [6.07, 6.45) is 0. The Morgan fingerprint density at radius 3 is 2.36 bits per heavy atom. The fourth-order valence-corrected chi connectivity index (χ4v) is 1.37. The summed E-state index contributed by atoms with van der Waals surface area (Å²) in [4.78, 5) is 0. The van der Waals surface area contributed by atoms with E-state index in [0.717, 1.165) is 3.77 Å². The molecule has 1 aromatic carbocycles. The van der Waals surface area contributed by atoms with E-state index in [9.17, 15) is 4.39 Å². The maximum atomic E-state index is 12.5. The molecular weight excluding hydrogens is 298 g/mol. The van der Waals surface area contributed by atoms with Gasteiger partial charge in [0.2, 0.25) is 0 Å². The third-order valence-electron chi connectivity index (χ3n) is 1.58. The van der Waals surface area contributed by atoms with Crippen LogP contribution in [-0.2, 0) is 0 Å². The largest absolute Gasteiger partial charge is 0.426 e. The molecule has 0 spiro atoms. The van der Waals surface area contributed by atoms with Crippen molar-refractivity contribution >= 4 is 22.6 Å². The van der Waals surface area contributed by atoms with Crippen molar-refractivity contribution < 1.29 is 13.5 Å². The summed E-state index contributed by atoms with van der Waals surface area (Å²) in [6.45, 7) is 0. The van der Waals surface area contributed by atoms with Crippen molar-refractivity contribution in [3.8, 4) is 11.7 Å². The molecule has 0 saturated carbocycles. The van der Waals surface area contributed by atoms with E-state index in [1.54, 1.807) is 24.3 Å². The van der Waals surface area contributed by atoms with E-state index in [1.807, 2.05) is 22.6 Å². The zero-order valence-electron chi connectivity index (χ0n) is 7.04. The lowest BCUT2D eigenvalue weighted by Gasteiger charge is -2.00. The van der Waals surface area contributed by atoms with Crippen LogP contribution in [0.3, 0.4) is 0 Å². The second-order valence-electron chi connectivity index (χ2n) is 2.61. The predicted molar refractivity (Wildman–Crippen MR) is 57.9 cm³/mol. The van der Waals surface area contributed by atoms with E-state index < -0.39 is 0 Å². The van der Waals surface area contributed by atoms with Crippen LogP contribution in [0.1, 0.15) is 0 Å². The van der Waals surface area contributed by atoms with E-state index in [4.69, 9.17) is 9.15 Å². The second-order valence-corrected chi connectivity index (χ2v) is 3.68. The lowest BCUT2D eigenvalue weighted by molar-refractivity contribution is 0.337. The molecule has 0 unspecified atom stereocenters. The molecule has 2 aromatic rings. The number of ether oxygens (including phenoxy) is 1. The molecule has 0 aliphatic heterocycles. The summed E-state index contributed by atoms with van der Waals surface area (Å²) >= 11 is 2.04. The van der Waals surface area contributed by atoms with Gasteiger partial charge in [-0.25, -0.2) is 4.39 Å². The lowest BCUT2D eigenvalue weighted by atomic mass is 10.3. The topological polar surface area (TPSA) is 22.4 Å². The van der Waals surface area contributed by atoms with Crippen LogP contribution in [0.25, 0.3) is 0 Å². The number of hydrogen-bond acceptors (Lipinski definition) is 2. The molecule has 0 aliphatic rings. The van der Waals surface area contributed by atoms with Crippen LogP contribution in [0.4, 0.5) is 4.39 Å². The molecule has 2 nitrogen and oxygen atoms in total. The highest BCUT2D eigenvalue weighted by Gasteiger charge is 2.01. The Bertz CT molecular complexity index is 422. The molecule has 0 amide bonds. The van der Waals surface area contributed by atoms with E-state index in [0.29, 0.717) is 11.7 Å². The third kappa shape index (κ3) is 2.25. The van der Waals surface area contributed by atoms with Crippen LogP contribution in [-0.4, -0.2) is 0 Å². The third-order valence-corrected chi connectivity index (χ3v) is 2.16. The van der Waals surface area contributed by atoms with E-state index in [1.165, 1.54) is 12.1 Å². The van der Waals surface area contributed by atoms with Gasteiger partial charge in [0, 0.05) is 6.07 Å². The Kier molecular flexibility index (Phi) is 2.72. The van der Waals surface area contributed by atoms with E-state index in [-0.39, 0.29) is 5.82 Å². The quantitative estimate of drug-likeness (QED) is 0.787. The average molecular weight is 304 g/mol. The fourth-order valence-electron chi connectivity index (χ4n) is 0.971. The molecule has 0 bridgehead atoms. The van der Waals surface area contributed by atoms with Gasteiger partial charge in [0.1, 0.15) is 11.6 Å². The molecule has 72 valence electrons. The molecule has 0 saturated heterocycles. The highest BCUT2D eigenvalue weighted by molar-refractivity contribution is 14.1. The first-order chi connectivity index (χ1) is 6.74. The van der Waals surface area contributed by atoms with E-state index in [2.05, 4.69) is 0 Å². The van der Waals surface area contributed by atoms with Gasteiger partial charge < -0.3 is 9.15 Å². The Morgan fingerprint density at radius 2 is 1.79 bits per heavy atom. The van der Waals surface area contributed by atoms with Crippen LogP contribution in [0.5, 0.6) is 11.7 Å². The van der Waals surface area contributed by atoms with Gasteiger partial charge in [-0.1, -0.05) is 0 Å². The summed E-state index contributed by atoms with van der Waals surface area (Å²) in [7, 11) is 0. The zero-order valence-corrected chi connectivity index (χ0v) is 9.19. The van der Waals surface area contributed by atoms with Gasteiger partial charge >= 0.3 is 0 Å². The van der Waals surface area contributed by atoms with Crippen molar-refractivity contribution in [3.05, 3.63) is 46.0 Å². The molecule has 4 heteroatoms. The summed E-state index contributed by atoms with van der Waals surface area (Å²) in [6, 6.07) is 9.27. The molecule has 0 fully saturated rings. The first-order valence-electron chi connectivity index (χ1n) is 3.93. The number of furan rings is 1. The number of hydrogen-bond donors (Lipinski definition) is 0. The smallest absolute Gasteiger partial charge is 0.290 e. The van der Waals surface area contributed by atoms with Crippen LogP contribution < -0.4 is 4.74 Å². The molecule has 2 rings (SSSR count). The Morgan fingerprint density at radius 1 is 1.07 bits per heavy atom. The molecule has 0 aliphatic carbocycles. The van der Waals surface area contributed by atoms with Crippen molar-refractivity contribution in [1.82, 2.24) is 0 Å². The lowest BCUT2D eigenvalue weighted by Crippen LogP contribution is -1.81. The molecule has 0 N–H and O–H groups in total. The van der Waals surface area contributed by atoms with Crippen LogP contribution in [0.15, 0.2) is 40.8 Å². The van der Waals surface area contributed by atoms with Crippen molar-refractivity contribution in [1.29, 1.82) is 0 Å². The highest BCUT2D eigenvalue weighted by atomic mass is 127. The molecule has 0 radical (unpaired) electrons. The molecular formula is C10H6FIO2. The van der Waals surface area contributed by atoms with Gasteiger partial charge in [-0.15, -0.1) is 0 Å². The van der Waals surface area contributed by atoms with Crippen molar-refractivity contribution in [2.24, 2.45) is 0 Å². The minimum absolute atomic E-state index is 0.286. The Balaban J connectivity index is 2.15. The minimum Gasteiger partial charge on any atom is -0.426 e. The first-order valence-corrected chi connectivity index (χ1v) is 5.01. The Hall–Kier alpha value is -1.04. The summed E-state index contributed by atoms with van der Waals surface area (Å²) in [5.41, 5.74) is 0. The van der Waals surface area contributed by atoms with Gasteiger partial charge in [-0.2, -0.15) is 0 Å². The van der Waals surface area contributed by atoms with Gasteiger partial charge in [-0.05, 0) is 52.9 Å². The summed E-state index contributed by atoms with van der Waals surface area (Å²) in [5.74, 6) is 0.671. The van der Waals surface area contributed by atoms with Gasteiger partial charge in [0.05, 0.1) is 0 Å². The van der Waals surface area contributed by atoms with Gasteiger partial charge in [0.25, 0.3) is 5.95 Å². The maximum Gasteiger partial charge on any atom is 0.290 e. The molecule has 0 atom stereocenters. The van der Waals surface area contributed by atoms with Crippen molar-refractivity contribution in [3.63, 3.8) is 0 Å². The fraction of sp³-hybridized carbons (Fsp3) is 0. The van der Waals surface area contributed by atoms with Crippen molar-refractivity contribution in [2.45, 2.75) is 0 Å². The number of rotatable bonds is 2. The average Bonchev–Trinajstić information content (AvgIpc) is 2.56. The van der Waals surface area contributed by atoms with Crippen LogP contribution >= 0.6 is 22.6 Å². The van der Waals surface area contributed by atoms with E-state index >= 15 is 0 Å². The van der Waals surface area contributed by atoms with Crippen LogP contribution in [0.2, 0.25) is 0 Å². The second kappa shape index (κ2) is 4.00. The monoisotopic (exact) mass is 304 g/mol. The van der Waals surface area contributed by atoms with Crippen molar-refractivity contribution in [2.75, 3.05) is 0 Å². The molecule has 14 heavy (non-hydrogen) atoms. The molecule has 1 heterocycles. The zero-order chi connectivity index (χ0) is 9.97. The first kappa shape index (κ1) is 9.51. The minimum atomic E-state index is -0.286. The Labute approximate surface area is 93.8 Å². The summed E-state index contributed by atoms with van der Waals surface area (Å²) < 4.78 is 23.8. The predicted octanol–water partition coefficient (Wildman–Crippen LogP) is 3.82. The maximum absolute atomic E-state index is 12.5. The van der Waals surface area contributed by atoms with Gasteiger partial charge in [-0.3, -0.25) is 0 Å². The SMILES string of the molecule is Fc1ccc(Oc2ccc(I)o2)cc1.